The zero-order chi connectivity index (χ0) is 12.3. The normalized spacial score (nSPS) is 10.2. The Kier molecular flexibility index (Phi) is 3.40. The van der Waals surface area contributed by atoms with Crippen LogP contribution in [0.25, 0.3) is 0 Å². The highest BCUT2D eigenvalue weighted by molar-refractivity contribution is 5.45. The summed E-state index contributed by atoms with van der Waals surface area (Å²) in [5.74, 6) is -1.44. The molecule has 0 amide bonds. The highest BCUT2D eigenvalue weighted by atomic mass is 19.3. The summed E-state index contributed by atoms with van der Waals surface area (Å²) in [7, 11) is 0. The molecular weight excluding hydrogens is 227 g/mol. The van der Waals surface area contributed by atoms with E-state index in [1.165, 1.54) is 6.07 Å². The van der Waals surface area contributed by atoms with Crippen molar-refractivity contribution in [3.05, 3.63) is 33.4 Å². The summed E-state index contributed by atoms with van der Waals surface area (Å²) in [5.41, 5.74) is -2.94. The molecule has 1 heterocycles. The lowest BCUT2D eigenvalue weighted by atomic mass is 10.1. The molecule has 0 aromatic carbocycles. The van der Waals surface area contributed by atoms with Crippen molar-refractivity contribution >= 4 is 5.69 Å². The Balaban J connectivity index is 3.51. The molecule has 0 radical (unpaired) electrons. The van der Waals surface area contributed by atoms with E-state index in [1.54, 1.807) is 0 Å². The number of nitriles is 1. The van der Waals surface area contributed by atoms with Gasteiger partial charge in [-0.05, 0) is 0 Å². The first-order valence-corrected chi connectivity index (χ1v) is 3.95. The van der Waals surface area contributed by atoms with Gasteiger partial charge < -0.3 is 0 Å². The zero-order valence-corrected chi connectivity index (χ0v) is 7.65. The molecule has 0 fully saturated rings. The van der Waals surface area contributed by atoms with E-state index in [2.05, 4.69) is 4.98 Å². The van der Waals surface area contributed by atoms with Crippen LogP contribution in [0.5, 0.6) is 0 Å². The van der Waals surface area contributed by atoms with Crippen LogP contribution in [0.4, 0.5) is 18.9 Å². The Morgan fingerprint density at radius 3 is 2.69 bits per heavy atom. The summed E-state index contributed by atoms with van der Waals surface area (Å²) in [6.45, 7) is 0. The molecular formula is C8H4F3N3O2. The third-order valence-corrected chi connectivity index (χ3v) is 1.77. The summed E-state index contributed by atoms with van der Waals surface area (Å²) in [4.78, 5) is 12.4. The van der Waals surface area contributed by atoms with Crippen LogP contribution < -0.4 is 0 Å². The van der Waals surface area contributed by atoms with Gasteiger partial charge in [0.2, 0.25) is 5.82 Å². The monoisotopic (exact) mass is 231 g/mol. The zero-order valence-electron chi connectivity index (χ0n) is 7.65. The molecule has 8 heteroatoms. The first-order valence-electron chi connectivity index (χ1n) is 3.95. The molecule has 0 N–H and O–H groups in total. The van der Waals surface area contributed by atoms with E-state index in [1.807, 2.05) is 0 Å². The second-order valence-corrected chi connectivity index (χ2v) is 2.71. The molecule has 0 saturated heterocycles. The molecule has 1 aromatic rings. The largest absolute Gasteiger partial charge is 0.317 e. The van der Waals surface area contributed by atoms with Gasteiger partial charge in [0.1, 0.15) is 5.56 Å². The molecule has 0 bridgehead atoms. The molecule has 0 atom stereocenters. The third kappa shape index (κ3) is 2.08. The van der Waals surface area contributed by atoms with Gasteiger partial charge in [0.15, 0.2) is 0 Å². The number of nitrogens with zero attached hydrogens (tertiary/aromatic N) is 3. The number of rotatable bonds is 3. The van der Waals surface area contributed by atoms with Crippen molar-refractivity contribution < 1.29 is 18.1 Å². The molecule has 0 spiro atoms. The van der Waals surface area contributed by atoms with Crippen molar-refractivity contribution in [2.75, 3.05) is 0 Å². The van der Waals surface area contributed by atoms with Crippen LogP contribution in [0.2, 0.25) is 0 Å². The van der Waals surface area contributed by atoms with Crippen molar-refractivity contribution in [1.29, 1.82) is 5.26 Å². The van der Waals surface area contributed by atoms with Crippen LogP contribution in [0.1, 0.15) is 17.7 Å². The topological polar surface area (TPSA) is 79.8 Å². The fourth-order valence-electron chi connectivity index (χ4n) is 1.16. The van der Waals surface area contributed by atoms with Crippen LogP contribution in [0, 0.1) is 27.3 Å². The fraction of sp³-hybridized carbons (Fsp3) is 0.250. The van der Waals surface area contributed by atoms with E-state index in [0.717, 1.165) is 0 Å². The van der Waals surface area contributed by atoms with Gasteiger partial charge in [-0.25, -0.2) is 8.78 Å². The Hall–Kier alpha value is -2.17. The van der Waals surface area contributed by atoms with Crippen LogP contribution in [-0.4, -0.2) is 9.91 Å². The Morgan fingerprint density at radius 2 is 2.25 bits per heavy atom. The molecule has 1 rings (SSSR count). The Bertz CT molecular complexity index is 470. The molecule has 0 unspecified atom stereocenters. The van der Waals surface area contributed by atoms with Gasteiger partial charge in [0.25, 0.3) is 6.43 Å². The van der Waals surface area contributed by atoms with E-state index in [0.29, 0.717) is 6.20 Å². The fourth-order valence-corrected chi connectivity index (χ4v) is 1.16. The minimum atomic E-state index is -3.26. The van der Waals surface area contributed by atoms with Gasteiger partial charge in [-0.15, -0.1) is 0 Å². The molecule has 84 valence electrons. The van der Waals surface area contributed by atoms with Crippen LogP contribution in [0.3, 0.4) is 0 Å². The lowest BCUT2D eigenvalue weighted by Crippen LogP contribution is -2.06. The number of nitro groups is 1. The number of halogens is 3. The average Bonchev–Trinajstić information content (AvgIpc) is 2.19. The molecule has 1 aromatic heterocycles. The molecule has 0 aliphatic carbocycles. The van der Waals surface area contributed by atoms with Crippen molar-refractivity contribution in [2.24, 2.45) is 0 Å². The highest BCUT2D eigenvalue weighted by Crippen LogP contribution is 2.33. The molecule has 0 saturated carbocycles. The molecule has 16 heavy (non-hydrogen) atoms. The second-order valence-electron chi connectivity index (χ2n) is 2.71. The third-order valence-electron chi connectivity index (χ3n) is 1.77. The first-order chi connectivity index (χ1) is 7.49. The minimum Gasteiger partial charge on any atom is -0.258 e. The number of hydrogen-bond acceptors (Lipinski definition) is 4. The van der Waals surface area contributed by atoms with Crippen molar-refractivity contribution in [3.8, 4) is 6.07 Å². The summed E-state index contributed by atoms with van der Waals surface area (Å²) in [5, 5.41) is 18.8. The van der Waals surface area contributed by atoms with E-state index in [4.69, 9.17) is 5.26 Å². The van der Waals surface area contributed by atoms with Gasteiger partial charge in [-0.1, -0.05) is 0 Å². The molecule has 0 aliphatic heterocycles. The van der Waals surface area contributed by atoms with Crippen molar-refractivity contribution in [2.45, 2.75) is 12.8 Å². The van der Waals surface area contributed by atoms with Crippen molar-refractivity contribution in [3.63, 3.8) is 0 Å². The lowest BCUT2D eigenvalue weighted by Gasteiger charge is -2.06. The quantitative estimate of drug-likeness (QED) is 0.589. The number of aromatic nitrogens is 1. The smallest absolute Gasteiger partial charge is 0.258 e. The van der Waals surface area contributed by atoms with Gasteiger partial charge in [0, 0.05) is 0 Å². The summed E-state index contributed by atoms with van der Waals surface area (Å²) in [6, 6.07) is 1.52. The maximum atomic E-state index is 13.0. The minimum absolute atomic E-state index is 0.455. The summed E-state index contributed by atoms with van der Waals surface area (Å²) < 4.78 is 38.0. The van der Waals surface area contributed by atoms with Gasteiger partial charge in [-0.2, -0.15) is 9.65 Å². The highest BCUT2D eigenvalue weighted by Gasteiger charge is 2.30. The predicted molar refractivity (Wildman–Crippen MR) is 45.1 cm³/mol. The molecule has 5 nitrogen and oxygen atoms in total. The first kappa shape index (κ1) is 11.9. The van der Waals surface area contributed by atoms with Crippen LogP contribution in [-0.2, 0) is 6.42 Å². The average molecular weight is 231 g/mol. The lowest BCUT2D eigenvalue weighted by molar-refractivity contribution is -0.389. The van der Waals surface area contributed by atoms with E-state index < -0.39 is 40.5 Å². The van der Waals surface area contributed by atoms with Gasteiger partial charge >= 0.3 is 5.69 Å². The number of pyridine rings is 1. The van der Waals surface area contributed by atoms with Crippen LogP contribution in [0.15, 0.2) is 6.20 Å². The standard InChI is InChI=1S/C8H4F3N3O2/c9-4-3-13-5(1-2-12)6(8(10)11)7(4)14(15)16/h3,8H,1H2. The van der Waals surface area contributed by atoms with E-state index in [9.17, 15) is 23.3 Å². The van der Waals surface area contributed by atoms with E-state index >= 15 is 0 Å². The van der Waals surface area contributed by atoms with E-state index in [-0.39, 0.29) is 0 Å². The molecule has 0 aliphatic rings. The SMILES string of the molecule is N#CCc1ncc(F)c([N+](=O)[O-])c1C(F)F. The van der Waals surface area contributed by atoms with Gasteiger partial charge in [0.05, 0.1) is 29.3 Å². The summed E-state index contributed by atoms with van der Waals surface area (Å²) >= 11 is 0. The second kappa shape index (κ2) is 4.57. The maximum Gasteiger partial charge on any atom is 0.317 e. The number of alkyl halides is 2. The Labute approximate surface area is 87.3 Å². The van der Waals surface area contributed by atoms with Crippen molar-refractivity contribution in [1.82, 2.24) is 4.98 Å². The Morgan fingerprint density at radius 1 is 1.62 bits per heavy atom. The predicted octanol–water partition coefficient (Wildman–Crippen LogP) is 2.13. The number of hydrogen-bond donors (Lipinski definition) is 0. The van der Waals surface area contributed by atoms with Gasteiger partial charge in [-0.3, -0.25) is 15.1 Å². The maximum absolute atomic E-state index is 13.0. The van der Waals surface area contributed by atoms with Crippen LogP contribution >= 0.6 is 0 Å². The summed E-state index contributed by atoms with van der Waals surface area (Å²) in [6.07, 6.45) is -3.34.